The fourth-order valence-electron chi connectivity index (χ4n) is 1.93. The molecular formula is C13H15NO3. The number of fused-ring (bicyclic) bond motifs is 1. The van der Waals surface area contributed by atoms with Crippen molar-refractivity contribution in [2.75, 3.05) is 13.2 Å². The predicted molar refractivity (Wildman–Crippen MR) is 65.4 cm³/mol. The minimum atomic E-state index is -0.905. The van der Waals surface area contributed by atoms with E-state index in [0.717, 1.165) is 10.9 Å². The van der Waals surface area contributed by atoms with Gasteiger partial charge < -0.3 is 14.4 Å². The van der Waals surface area contributed by atoms with Crippen molar-refractivity contribution in [3.05, 3.63) is 36.0 Å². The summed E-state index contributed by atoms with van der Waals surface area (Å²) in [6.07, 6.45) is 0. The number of nitrogens with zero attached hydrogens (tertiary/aromatic N) is 1. The van der Waals surface area contributed by atoms with Crippen LogP contribution >= 0.6 is 0 Å². The third-order valence-corrected chi connectivity index (χ3v) is 2.69. The quantitative estimate of drug-likeness (QED) is 0.807. The highest BCUT2D eigenvalue weighted by molar-refractivity contribution is 5.94. The lowest BCUT2D eigenvalue weighted by molar-refractivity contribution is 0.0682. The normalized spacial score (nSPS) is 10.9. The molecule has 17 heavy (non-hydrogen) atoms. The lowest BCUT2D eigenvalue weighted by Crippen LogP contribution is -2.12. The molecule has 0 unspecified atom stereocenters. The number of carboxylic acid groups (broad SMARTS) is 1. The van der Waals surface area contributed by atoms with Gasteiger partial charge in [0.25, 0.3) is 0 Å². The second-order valence-electron chi connectivity index (χ2n) is 3.74. The average molecular weight is 233 g/mol. The van der Waals surface area contributed by atoms with E-state index >= 15 is 0 Å². The molecule has 1 N–H and O–H groups in total. The molecule has 1 aromatic carbocycles. The van der Waals surface area contributed by atoms with Gasteiger partial charge in [0, 0.05) is 24.1 Å². The van der Waals surface area contributed by atoms with Gasteiger partial charge in [0.05, 0.1) is 6.61 Å². The van der Waals surface area contributed by atoms with Crippen LogP contribution in [0.5, 0.6) is 0 Å². The molecule has 4 heteroatoms. The lowest BCUT2D eigenvalue weighted by atomic mass is 10.2. The molecule has 0 spiro atoms. The third kappa shape index (κ3) is 2.31. The van der Waals surface area contributed by atoms with Gasteiger partial charge in [0.2, 0.25) is 0 Å². The maximum Gasteiger partial charge on any atom is 0.352 e. The number of carbonyl (C=O) groups is 1. The van der Waals surface area contributed by atoms with Crippen molar-refractivity contribution in [2.45, 2.75) is 13.5 Å². The second kappa shape index (κ2) is 5.01. The predicted octanol–water partition coefficient (Wildman–Crippen LogP) is 2.38. The fourth-order valence-corrected chi connectivity index (χ4v) is 1.93. The summed E-state index contributed by atoms with van der Waals surface area (Å²) in [4.78, 5) is 11.2. The summed E-state index contributed by atoms with van der Waals surface area (Å²) in [5.41, 5.74) is 1.25. The topological polar surface area (TPSA) is 51.5 Å². The van der Waals surface area contributed by atoms with Crippen molar-refractivity contribution in [3.63, 3.8) is 0 Å². The van der Waals surface area contributed by atoms with Crippen LogP contribution in [0.1, 0.15) is 17.4 Å². The average Bonchev–Trinajstić information content (AvgIpc) is 2.69. The number of hydrogen-bond donors (Lipinski definition) is 1. The van der Waals surface area contributed by atoms with Crippen molar-refractivity contribution >= 4 is 16.9 Å². The Morgan fingerprint density at radius 2 is 2.18 bits per heavy atom. The maximum absolute atomic E-state index is 11.2. The summed E-state index contributed by atoms with van der Waals surface area (Å²) >= 11 is 0. The molecule has 0 radical (unpaired) electrons. The third-order valence-electron chi connectivity index (χ3n) is 2.69. The minimum absolute atomic E-state index is 0.311. The molecule has 0 saturated heterocycles. The Labute approximate surface area is 99.4 Å². The largest absolute Gasteiger partial charge is 0.477 e. The van der Waals surface area contributed by atoms with Crippen LogP contribution < -0.4 is 0 Å². The Bertz CT molecular complexity index is 530. The van der Waals surface area contributed by atoms with Crippen molar-refractivity contribution in [1.82, 2.24) is 4.57 Å². The number of aromatic nitrogens is 1. The molecule has 0 saturated carbocycles. The Balaban J connectivity index is 2.41. The van der Waals surface area contributed by atoms with Gasteiger partial charge in [-0.3, -0.25) is 0 Å². The van der Waals surface area contributed by atoms with Crippen molar-refractivity contribution in [3.8, 4) is 0 Å². The van der Waals surface area contributed by atoms with Crippen LogP contribution in [0, 0.1) is 0 Å². The molecule has 0 aliphatic heterocycles. The summed E-state index contributed by atoms with van der Waals surface area (Å²) in [6.45, 7) is 3.64. The zero-order chi connectivity index (χ0) is 12.3. The molecule has 0 amide bonds. The van der Waals surface area contributed by atoms with Crippen LogP contribution in [-0.4, -0.2) is 28.9 Å². The molecule has 0 aliphatic rings. The summed E-state index contributed by atoms with van der Waals surface area (Å²) in [5.74, 6) is -0.905. The Hall–Kier alpha value is -1.81. The first-order valence-corrected chi connectivity index (χ1v) is 5.63. The summed E-state index contributed by atoms with van der Waals surface area (Å²) < 4.78 is 7.06. The first kappa shape index (κ1) is 11.7. The Morgan fingerprint density at radius 3 is 2.88 bits per heavy atom. The van der Waals surface area contributed by atoms with Gasteiger partial charge in [-0.15, -0.1) is 0 Å². The number of aromatic carboxylic acids is 1. The summed E-state index contributed by atoms with van der Waals surface area (Å²) in [7, 11) is 0. The van der Waals surface area contributed by atoms with Gasteiger partial charge in [0.1, 0.15) is 5.69 Å². The summed E-state index contributed by atoms with van der Waals surface area (Å²) in [5, 5.41) is 10.1. The van der Waals surface area contributed by atoms with Crippen molar-refractivity contribution in [2.24, 2.45) is 0 Å². The highest BCUT2D eigenvalue weighted by atomic mass is 16.5. The van der Waals surface area contributed by atoms with Gasteiger partial charge in [-0.05, 0) is 19.1 Å². The lowest BCUT2D eigenvalue weighted by Gasteiger charge is -2.08. The van der Waals surface area contributed by atoms with E-state index in [1.165, 1.54) is 0 Å². The first-order chi connectivity index (χ1) is 8.24. The maximum atomic E-state index is 11.2. The van der Waals surface area contributed by atoms with E-state index in [1.807, 2.05) is 31.2 Å². The van der Waals surface area contributed by atoms with Gasteiger partial charge >= 0.3 is 5.97 Å². The smallest absolute Gasteiger partial charge is 0.352 e. The van der Waals surface area contributed by atoms with Gasteiger partial charge in [-0.25, -0.2) is 4.79 Å². The van der Waals surface area contributed by atoms with Crippen LogP contribution in [0.3, 0.4) is 0 Å². The van der Waals surface area contributed by atoms with E-state index in [4.69, 9.17) is 9.84 Å². The SMILES string of the molecule is CCOCCn1c(C(=O)O)cc2ccccc21. The molecule has 4 nitrogen and oxygen atoms in total. The number of benzene rings is 1. The van der Waals surface area contributed by atoms with E-state index in [-0.39, 0.29) is 0 Å². The minimum Gasteiger partial charge on any atom is -0.477 e. The van der Waals surface area contributed by atoms with E-state index in [0.29, 0.717) is 25.5 Å². The molecule has 0 bridgehead atoms. The molecule has 2 rings (SSSR count). The van der Waals surface area contributed by atoms with E-state index < -0.39 is 5.97 Å². The van der Waals surface area contributed by atoms with Crippen LogP contribution in [0.2, 0.25) is 0 Å². The van der Waals surface area contributed by atoms with Gasteiger partial charge in [-0.1, -0.05) is 18.2 Å². The molecule has 90 valence electrons. The standard InChI is InChI=1S/C13H15NO3/c1-2-17-8-7-14-11-6-4-3-5-10(11)9-12(14)13(15)16/h3-6,9H,2,7-8H2,1H3,(H,15,16). The van der Waals surface area contributed by atoms with Crippen LogP contribution in [-0.2, 0) is 11.3 Å². The highest BCUT2D eigenvalue weighted by Crippen LogP contribution is 2.19. The van der Waals surface area contributed by atoms with E-state index in [1.54, 1.807) is 10.6 Å². The van der Waals surface area contributed by atoms with Gasteiger partial charge in [-0.2, -0.15) is 0 Å². The zero-order valence-electron chi connectivity index (χ0n) is 9.72. The number of para-hydroxylation sites is 1. The molecule has 2 aromatic rings. The molecule has 1 aromatic heterocycles. The summed E-state index contributed by atoms with van der Waals surface area (Å²) in [6, 6.07) is 9.35. The molecular weight excluding hydrogens is 218 g/mol. The first-order valence-electron chi connectivity index (χ1n) is 5.63. The van der Waals surface area contributed by atoms with E-state index in [9.17, 15) is 4.79 Å². The Kier molecular flexibility index (Phi) is 3.44. The van der Waals surface area contributed by atoms with Gasteiger partial charge in [0.15, 0.2) is 0 Å². The number of ether oxygens (including phenoxy) is 1. The Morgan fingerprint density at radius 1 is 1.41 bits per heavy atom. The van der Waals surface area contributed by atoms with Crippen molar-refractivity contribution < 1.29 is 14.6 Å². The number of rotatable bonds is 5. The zero-order valence-corrected chi connectivity index (χ0v) is 9.72. The monoisotopic (exact) mass is 233 g/mol. The number of hydrogen-bond acceptors (Lipinski definition) is 2. The fraction of sp³-hybridized carbons (Fsp3) is 0.308. The number of carboxylic acids is 1. The van der Waals surface area contributed by atoms with E-state index in [2.05, 4.69) is 0 Å². The van der Waals surface area contributed by atoms with Crippen LogP contribution in [0.25, 0.3) is 10.9 Å². The van der Waals surface area contributed by atoms with Crippen molar-refractivity contribution in [1.29, 1.82) is 0 Å². The highest BCUT2D eigenvalue weighted by Gasteiger charge is 2.13. The van der Waals surface area contributed by atoms with Crippen LogP contribution in [0.15, 0.2) is 30.3 Å². The second-order valence-corrected chi connectivity index (χ2v) is 3.74. The molecule has 0 fully saturated rings. The molecule has 0 aliphatic carbocycles. The van der Waals surface area contributed by atoms with Crippen LogP contribution in [0.4, 0.5) is 0 Å². The molecule has 1 heterocycles. The molecule has 0 atom stereocenters.